The van der Waals surface area contributed by atoms with Crippen molar-refractivity contribution in [3.05, 3.63) is 34.9 Å². The molecule has 1 nitrogen and oxygen atoms in total. The Balaban J connectivity index is 2.59. The van der Waals surface area contributed by atoms with Crippen molar-refractivity contribution < 1.29 is 0 Å². The number of benzene rings is 1. The second-order valence-electron chi connectivity index (χ2n) is 3.52. The molecule has 1 rings (SSSR count). The van der Waals surface area contributed by atoms with E-state index in [9.17, 15) is 0 Å². The molecule has 15 heavy (non-hydrogen) atoms. The monoisotopic (exact) mass is 221 g/mol. The Labute approximate surface area is 96.8 Å². The van der Waals surface area contributed by atoms with Crippen LogP contribution in [0.3, 0.4) is 0 Å². The molecule has 0 saturated heterocycles. The van der Waals surface area contributed by atoms with Gasteiger partial charge >= 0.3 is 0 Å². The van der Waals surface area contributed by atoms with Gasteiger partial charge in [0.1, 0.15) is 0 Å². The maximum absolute atomic E-state index is 6.09. The Morgan fingerprint density at radius 1 is 1.47 bits per heavy atom. The summed E-state index contributed by atoms with van der Waals surface area (Å²) in [5.41, 5.74) is 1.18. The fourth-order valence-electron chi connectivity index (χ4n) is 1.54. The highest BCUT2D eigenvalue weighted by Crippen LogP contribution is 2.17. The van der Waals surface area contributed by atoms with Crippen molar-refractivity contribution in [3.8, 4) is 12.3 Å². The second-order valence-corrected chi connectivity index (χ2v) is 3.93. The first-order valence-corrected chi connectivity index (χ1v) is 5.50. The number of halogens is 1. The van der Waals surface area contributed by atoms with Crippen LogP contribution in [-0.4, -0.2) is 13.1 Å². The van der Waals surface area contributed by atoms with Gasteiger partial charge in [0, 0.05) is 17.5 Å². The maximum Gasteiger partial charge on any atom is 0.0438 e. The zero-order valence-corrected chi connectivity index (χ0v) is 9.72. The summed E-state index contributed by atoms with van der Waals surface area (Å²) in [7, 11) is 1.96. The van der Waals surface area contributed by atoms with Crippen LogP contribution in [0.2, 0.25) is 5.02 Å². The summed E-state index contributed by atoms with van der Waals surface area (Å²) in [6.45, 7) is 0. The molecule has 1 atom stereocenters. The van der Waals surface area contributed by atoms with Gasteiger partial charge in [-0.05, 0) is 31.5 Å². The van der Waals surface area contributed by atoms with Gasteiger partial charge in [-0.25, -0.2) is 0 Å². The molecule has 0 spiro atoms. The lowest BCUT2D eigenvalue weighted by molar-refractivity contribution is 0.528. The smallest absolute Gasteiger partial charge is 0.0438 e. The molecule has 0 aliphatic heterocycles. The number of rotatable bonds is 5. The van der Waals surface area contributed by atoms with Gasteiger partial charge in [-0.1, -0.05) is 29.8 Å². The predicted octanol–water partition coefficient (Wildman–Crippen LogP) is 2.88. The van der Waals surface area contributed by atoms with Crippen molar-refractivity contribution in [2.45, 2.75) is 25.3 Å². The van der Waals surface area contributed by atoms with Crippen molar-refractivity contribution in [2.75, 3.05) is 7.05 Å². The van der Waals surface area contributed by atoms with Crippen molar-refractivity contribution >= 4 is 11.6 Å². The molecule has 0 saturated carbocycles. The number of likely N-dealkylation sites (N-methyl/N-ethyl adjacent to an activating group) is 1. The summed E-state index contributed by atoms with van der Waals surface area (Å²) in [6.07, 6.45) is 7.97. The van der Waals surface area contributed by atoms with E-state index in [0.717, 1.165) is 24.3 Å². The van der Waals surface area contributed by atoms with Gasteiger partial charge in [0.15, 0.2) is 0 Å². The van der Waals surface area contributed by atoms with Crippen molar-refractivity contribution in [1.82, 2.24) is 5.32 Å². The molecular weight excluding hydrogens is 206 g/mol. The molecule has 0 bridgehead atoms. The molecule has 0 amide bonds. The van der Waals surface area contributed by atoms with Crippen LogP contribution < -0.4 is 5.32 Å². The van der Waals surface area contributed by atoms with E-state index in [0.29, 0.717) is 6.04 Å². The van der Waals surface area contributed by atoms with E-state index in [1.807, 2.05) is 25.2 Å². The molecule has 1 aromatic carbocycles. The van der Waals surface area contributed by atoms with Gasteiger partial charge in [0.25, 0.3) is 0 Å². The minimum atomic E-state index is 0.404. The predicted molar refractivity (Wildman–Crippen MR) is 66.1 cm³/mol. The molecule has 1 aromatic rings. The van der Waals surface area contributed by atoms with Gasteiger partial charge in [0.05, 0.1) is 0 Å². The fourth-order valence-corrected chi connectivity index (χ4v) is 1.75. The van der Waals surface area contributed by atoms with Gasteiger partial charge in [-0.2, -0.15) is 0 Å². The van der Waals surface area contributed by atoms with E-state index < -0.39 is 0 Å². The van der Waals surface area contributed by atoms with Crippen LogP contribution >= 0.6 is 11.6 Å². The summed E-state index contributed by atoms with van der Waals surface area (Å²) >= 11 is 6.09. The number of terminal acetylenes is 1. The van der Waals surface area contributed by atoms with Crippen LogP contribution in [0.4, 0.5) is 0 Å². The Morgan fingerprint density at radius 2 is 2.20 bits per heavy atom. The van der Waals surface area contributed by atoms with Gasteiger partial charge in [-0.15, -0.1) is 12.3 Å². The van der Waals surface area contributed by atoms with E-state index in [4.69, 9.17) is 18.0 Å². The average Bonchev–Trinajstić information content (AvgIpc) is 2.26. The Hall–Kier alpha value is -0.970. The minimum Gasteiger partial charge on any atom is -0.317 e. The SMILES string of the molecule is C#CCCC(Cc1ccccc1Cl)NC. The molecular formula is C13H16ClN. The highest BCUT2D eigenvalue weighted by molar-refractivity contribution is 6.31. The molecule has 1 N–H and O–H groups in total. The van der Waals surface area contributed by atoms with E-state index in [2.05, 4.69) is 17.3 Å². The highest BCUT2D eigenvalue weighted by Gasteiger charge is 2.08. The van der Waals surface area contributed by atoms with E-state index in [1.165, 1.54) is 5.56 Å². The molecule has 0 heterocycles. The lowest BCUT2D eigenvalue weighted by Gasteiger charge is -2.15. The Morgan fingerprint density at radius 3 is 2.80 bits per heavy atom. The highest BCUT2D eigenvalue weighted by atomic mass is 35.5. The third kappa shape index (κ3) is 3.95. The molecule has 0 aliphatic rings. The molecule has 0 aliphatic carbocycles. The third-order valence-electron chi connectivity index (χ3n) is 2.47. The van der Waals surface area contributed by atoms with Crippen LogP contribution in [0, 0.1) is 12.3 Å². The van der Waals surface area contributed by atoms with E-state index in [-0.39, 0.29) is 0 Å². The normalized spacial score (nSPS) is 12.1. The second kappa shape index (κ2) is 6.50. The van der Waals surface area contributed by atoms with Crippen LogP contribution in [0.1, 0.15) is 18.4 Å². The summed E-state index contributed by atoms with van der Waals surface area (Å²) in [5.74, 6) is 2.66. The summed E-state index contributed by atoms with van der Waals surface area (Å²) in [6, 6.07) is 8.34. The van der Waals surface area contributed by atoms with Crippen molar-refractivity contribution in [2.24, 2.45) is 0 Å². The van der Waals surface area contributed by atoms with Crippen LogP contribution in [0.5, 0.6) is 0 Å². The molecule has 2 heteroatoms. The first-order chi connectivity index (χ1) is 7.27. The first-order valence-electron chi connectivity index (χ1n) is 5.12. The van der Waals surface area contributed by atoms with Crippen molar-refractivity contribution in [1.29, 1.82) is 0 Å². The Bertz CT molecular complexity index is 341. The standard InChI is InChI=1S/C13H16ClN/c1-3-4-8-12(15-2)10-11-7-5-6-9-13(11)14/h1,5-7,9,12,15H,4,8,10H2,2H3. The largest absolute Gasteiger partial charge is 0.317 e. The van der Waals surface area contributed by atoms with Crippen LogP contribution in [0.25, 0.3) is 0 Å². The lowest BCUT2D eigenvalue weighted by atomic mass is 10.0. The van der Waals surface area contributed by atoms with Crippen molar-refractivity contribution in [3.63, 3.8) is 0 Å². The number of nitrogens with one attached hydrogen (secondary N) is 1. The summed E-state index contributed by atoms with van der Waals surface area (Å²) < 4.78 is 0. The number of hydrogen-bond donors (Lipinski definition) is 1. The molecule has 0 aromatic heterocycles. The zero-order valence-electron chi connectivity index (χ0n) is 8.96. The van der Waals surface area contributed by atoms with E-state index >= 15 is 0 Å². The van der Waals surface area contributed by atoms with E-state index in [1.54, 1.807) is 0 Å². The molecule has 1 unspecified atom stereocenters. The molecule has 0 fully saturated rings. The number of hydrogen-bond acceptors (Lipinski definition) is 1. The van der Waals surface area contributed by atoms with Crippen LogP contribution in [0.15, 0.2) is 24.3 Å². The van der Waals surface area contributed by atoms with Crippen LogP contribution in [-0.2, 0) is 6.42 Å². The molecule has 0 radical (unpaired) electrons. The average molecular weight is 222 g/mol. The zero-order chi connectivity index (χ0) is 11.1. The molecule has 80 valence electrons. The third-order valence-corrected chi connectivity index (χ3v) is 2.84. The lowest BCUT2D eigenvalue weighted by Crippen LogP contribution is -2.27. The minimum absolute atomic E-state index is 0.404. The van der Waals surface area contributed by atoms with Gasteiger partial charge in [0.2, 0.25) is 0 Å². The summed E-state index contributed by atoms with van der Waals surface area (Å²) in [5, 5.41) is 4.09. The topological polar surface area (TPSA) is 12.0 Å². The maximum atomic E-state index is 6.09. The summed E-state index contributed by atoms with van der Waals surface area (Å²) in [4.78, 5) is 0. The van der Waals surface area contributed by atoms with Gasteiger partial charge in [-0.3, -0.25) is 0 Å². The Kier molecular flexibility index (Phi) is 5.25. The fraction of sp³-hybridized carbons (Fsp3) is 0.385. The van der Waals surface area contributed by atoms with Gasteiger partial charge < -0.3 is 5.32 Å². The first kappa shape index (κ1) is 12.1. The quantitative estimate of drug-likeness (QED) is 0.754.